The maximum Gasteiger partial charge on any atom is 0.394 e. The van der Waals surface area contributed by atoms with Gasteiger partial charge in [0.1, 0.15) is 6.04 Å². The van der Waals surface area contributed by atoms with Crippen LogP contribution in [0.25, 0.3) is 0 Å². The fourth-order valence-corrected chi connectivity index (χ4v) is 0.606. The van der Waals surface area contributed by atoms with Crippen LogP contribution in [-0.2, 0) is 14.4 Å². The number of aliphatic hydroxyl groups is 1. The van der Waals surface area contributed by atoms with Gasteiger partial charge in [0.15, 0.2) is 0 Å². The molecule has 1 atom stereocenters. The second-order valence-electron chi connectivity index (χ2n) is 2.18. The quantitative estimate of drug-likeness (QED) is 0.382. The standard InChI is InChI=1S/C6H9NO6/c8-2-1-3(5(10)11)7-4(9)6(12)13/h3,8H,1-2H2,(H,7,9)(H,10,11)(H,12,13)/t3-/m0/s1. The SMILES string of the molecule is O=C(O)C(=O)N[C@@H](CCO)C(=O)O. The summed E-state index contributed by atoms with van der Waals surface area (Å²) in [5, 5.41) is 26.6. The molecule has 0 aliphatic heterocycles. The average molecular weight is 191 g/mol. The van der Waals surface area contributed by atoms with Crippen molar-refractivity contribution < 1.29 is 29.7 Å². The van der Waals surface area contributed by atoms with Crippen LogP contribution in [-0.4, -0.2) is 45.8 Å². The number of hydrogen-bond donors (Lipinski definition) is 4. The Labute approximate surface area is 73.0 Å². The number of nitrogens with one attached hydrogen (secondary N) is 1. The number of carbonyl (C=O) groups is 3. The van der Waals surface area contributed by atoms with Crippen LogP contribution < -0.4 is 5.32 Å². The summed E-state index contributed by atoms with van der Waals surface area (Å²) in [6.07, 6.45) is -0.228. The van der Waals surface area contributed by atoms with Gasteiger partial charge in [-0.2, -0.15) is 0 Å². The summed E-state index contributed by atoms with van der Waals surface area (Å²) < 4.78 is 0. The van der Waals surface area contributed by atoms with Crippen LogP contribution in [0.5, 0.6) is 0 Å². The summed E-state index contributed by atoms with van der Waals surface area (Å²) in [5.74, 6) is -4.55. The molecular formula is C6H9NO6. The molecule has 74 valence electrons. The lowest BCUT2D eigenvalue weighted by molar-refractivity contribution is -0.152. The molecule has 0 bridgehead atoms. The number of carboxylic acids is 2. The van der Waals surface area contributed by atoms with Gasteiger partial charge in [-0.3, -0.25) is 4.79 Å². The summed E-state index contributed by atoms with van der Waals surface area (Å²) in [5.41, 5.74) is 0. The van der Waals surface area contributed by atoms with Crippen molar-refractivity contribution in [1.82, 2.24) is 5.32 Å². The summed E-state index contributed by atoms with van der Waals surface area (Å²) in [6, 6.07) is -1.37. The lowest BCUT2D eigenvalue weighted by atomic mass is 10.2. The van der Waals surface area contributed by atoms with E-state index in [1.165, 1.54) is 0 Å². The van der Waals surface area contributed by atoms with Crippen molar-refractivity contribution in [2.75, 3.05) is 6.61 Å². The van der Waals surface area contributed by atoms with Gasteiger partial charge in [0.25, 0.3) is 0 Å². The Bertz CT molecular complexity index is 225. The molecular weight excluding hydrogens is 182 g/mol. The topological polar surface area (TPSA) is 124 Å². The summed E-state index contributed by atoms with van der Waals surface area (Å²) in [4.78, 5) is 30.8. The highest BCUT2D eigenvalue weighted by atomic mass is 16.4. The minimum Gasteiger partial charge on any atom is -0.480 e. The van der Waals surface area contributed by atoms with Gasteiger partial charge in [0, 0.05) is 13.0 Å². The molecule has 0 saturated heterocycles. The van der Waals surface area contributed by atoms with Crippen molar-refractivity contribution in [2.24, 2.45) is 0 Å². The predicted octanol–water partition coefficient (Wildman–Crippen LogP) is -1.98. The molecule has 0 aliphatic rings. The van der Waals surface area contributed by atoms with Crippen LogP contribution in [0, 0.1) is 0 Å². The van der Waals surface area contributed by atoms with Gasteiger partial charge in [0.2, 0.25) is 0 Å². The Balaban J connectivity index is 4.17. The van der Waals surface area contributed by atoms with Crippen LogP contribution in [0.15, 0.2) is 0 Å². The first-order valence-corrected chi connectivity index (χ1v) is 3.36. The summed E-state index contributed by atoms with van der Waals surface area (Å²) in [6.45, 7) is -0.448. The van der Waals surface area contributed by atoms with Crippen LogP contribution in [0.4, 0.5) is 0 Å². The molecule has 0 rings (SSSR count). The summed E-state index contributed by atoms with van der Waals surface area (Å²) >= 11 is 0. The zero-order valence-corrected chi connectivity index (χ0v) is 6.56. The first-order chi connectivity index (χ1) is 5.99. The van der Waals surface area contributed by atoms with Gasteiger partial charge in [-0.1, -0.05) is 0 Å². The molecule has 0 aromatic heterocycles. The number of carbonyl (C=O) groups excluding carboxylic acids is 1. The predicted molar refractivity (Wildman–Crippen MR) is 38.9 cm³/mol. The van der Waals surface area contributed by atoms with E-state index in [2.05, 4.69) is 0 Å². The number of hydrogen-bond acceptors (Lipinski definition) is 4. The lowest BCUT2D eigenvalue weighted by Gasteiger charge is -2.10. The molecule has 0 aliphatic carbocycles. The van der Waals surface area contributed by atoms with Crippen LogP contribution in [0.3, 0.4) is 0 Å². The minimum absolute atomic E-state index is 0.228. The molecule has 4 N–H and O–H groups in total. The Hall–Kier alpha value is -1.63. The highest BCUT2D eigenvalue weighted by Crippen LogP contribution is 1.90. The molecule has 0 saturated carbocycles. The molecule has 0 spiro atoms. The smallest absolute Gasteiger partial charge is 0.394 e. The van der Waals surface area contributed by atoms with E-state index in [0.717, 1.165) is 0 Å². The molecule has 1 amide bonds. The second-order valence-corrected chi connectivity index (χ2v) is 2.18. The third-order valence-corrected chi connectivity index (χ3v) is 1.22. The van der Waals surface area contributed by atoms with E-state index in [1.807, 2.05) is 0 Å². The largest absolute Gasteiger partial charge is 0.480 e. The van der Waals surface area contributed by atoms with Gasteiger partial charge in [-0.05, 0) is 0 Å². The van der Waals surface area contributed by atoms with E-state index >= 15 is 0 Å². The third-order valence-electron chi connectivity index (χ3n) is 1.22. The zero-order valence-electron chi connectivity index (χ0n) is 6.56. The van der Waals surface area contributed by atoms with E-state index < -0.39 is 30.5 Å². The molecule has 0 aromatic carbocycles. The van der Waals surface area contributed by atoms with Gasteiger partial charge < -0.3 is 20.6 Å². The zero-order chi connectivity index (χ0) is 10.4. The lowest BCUT2D eigenvalue weighted by Crippen LogP contribution is -2.44. The Morgan fingerprint density at radius 3 is 2.08 bits per heavy atom. The molecule has 0 radical (unpaired) electrons. The van der Waals surface area contributed by atoms with Crippen molar-refractivity contribution >= 4 is 17.8 Å². The second kappa shape index (κ2) is 5.09. The van der Waals surface area contributed by atoms with Gasteiger partial charge in [0.05, 0.1) is 0 Å². The molecule has 7 heteroatoms. The fourth-order valence-electron chi connectivity index (χ4n) is 0.606. The fraction of sp³-hybridized carbons (Fsp3) is 0.500. The highest BCUT2D eigenvalue weighted by molar-refractivity contribution is 6.31. The maximum atomic E-state index is 10.5. The molecule has 0 unspecified atom stereocenters. The number of aliphatic carboxylic acids is 2. The Morgan fingerprint density at radius 2 is 1.77 bits per heavy atom. The number of aliphatic hydroxyl groups excluding tert-OH is 1. The molecule has 7 nitrogen and oxygen atoms in total. The van der Waals surface area contributed by atoms with Crippen molar-refractivity contribution in [3.05, 3.63) is 0 Å². The monoisotopic (exact) mass is 191 g/mol. The van der Waals surface area contributed by atoms with Crippen LogP contribution in [0.1, 0.15) is 6.42 Å². The first kappa shape index (κ1) is 11.4. The number of carboxylic acid groups (broad SMARTS) is 2. The third kappa shape index (κ3) is 4.06. The van der Waals surface area contributed by atoms with E-state index in [9.17, 15) is 14.4 Å². The van der Waals surface area contributed by atoms with Crippen molar-refractivity contribution in [3.8, 4) is 0 Å². The van der Waals surface area contributed by atoms with Crippen LogP contribution in [0.2, 0.25) is 0 Å². The van der Waals surface area contributed by atoms with Crippen molar-refractivity contribution in [2.45, 2.75) is 12.5 Å². The summed E-state index contributed by atoms with van der Waals surface area (Å²) in [7, 11) is 0. The van der Waals surface area contributed by atoms with E-state index in [4.69, 9.17) is 15.3 Å². The average Bonchev–Trinajstić information content (AvgIpc) is 2.03. The van der Waals surface area contributed by atoms with Crippen molar-refractivity contribution in [1.29, 1.82) is 0 Å². The number of amides is 1. The van der Waals surface area contributed by atoms with E-state index in [0.29, 0.717) is 0 Å². The highest BCUT2D eigenvalue weighted by Gasteiger charge is 2.22. The Kier molecular flexibility index (Phi) is 4.45. The first-order valence-electron chi connectivity index (χ1n) is 3.36. The molecule has 0 aromatic rings. The van der Waals surface area contributed by atoms with Crippen molar-refractivity contribution in [3.63, 3.8) is 0 Å². The van der Waals surface area contributed by atoms with Gasteiger partial charge >= 0.3 is 17.8 Å². The van der Waals surface area contributed by atoms with E-state index in [-0.39, 0.29) is 6.42 Å². The van der Waals surface area contributed by atoms with Gasteiger partial charge in [-0.25, -0.2) is 9.59 Å². The Morgan fingerprint density at radius 1 is 1.23 bits per heavy atom. The van der Waals surface area contributed by atoms with Gasteiger partial charge in [-0.15, -0.1) is 0 Å². The normalized spacial score (nSPS) is 11.8. The molecule has 13 heavy (non-hydrogen) atoms. The maximum absolute atomic E-state index is 10.5. The molecule has 0 heterocycles. The number of rotatable bonds is 4. The van der Waals surface area contributed by atoms with E-state index in [1.54, 1.807) is 5.32 Å². The molecule has 0 fully saturated rings. The van der Waals surface area contributed by atoms with Crippen LogP contribution >= 0.6 is 0 Å². The minimum atomic E-state index is -1.76.